The summed E-state index contributed by atoms with van der Waals surface area (Å²) in [4.78, 5) is 110. The van der Waals surface area contributed by atoms with Gasteiger partial charge >= 0.3 is 77.5 Å². The Hall–Kier alpha value is -11.6. The van der Waals surface area contributed by atoms with Crippen molar-refractivity contribution < 1.29 is 104 Å². The molecule has 0 spiro atoms. The van der Waals surface area contributed by atoms with E-state index in [0.29, 0.717) is 97.3 Å². The van der Waals surface area contributed by atoms with E-state index in [1.54, 1.807) is 62.4 Å². The van der Waals surface area contributed by atoms with Crippen LogP contribution in [0, 0.1) is 53.4 Å². The normalized spacial score (nSPS) is 13.9. The zero-order valence-electron chi connectivity index (χ0n) is 68.8. The number of imidazole rings is 2. The first kappa shape index (κ1) is 117. The Labute approximate surface area is 790 Å². The second-order valence-electron chi connectivity index (χ2n) is 27.3. The van der Waals surface area contributed by atoms with Crippen LogP contribution in [-0.2, 0) is 55.1 Å². The van der Waals surface area contributed by atoms with Crippen LogP contribution in [-0.4, -0.2) is 140 Å². The molecule has 15 rings (SSSR count). The number of H-pyrrole nitrogens is 2. The Morgan fingerprint density at radius 1 is 0.444 bits per heavy atom. The van der Waals surface area contributed by atoms with Gasteiger partial charge in [-0.15, -0.1) is 17.9 Å². The molecule has 731 valence electrons. The van der Waals surface area contributed by atoms with Crippen molar-refractivity contribution in [1.29, 1.82) is 0 Å². The van der Waals surface area contributed by atoms with Gasteiger partial charge in [-0.1, -0.05) is 81.0 Å². The van der Waals surface area contributed by atoms with Crippen LogP contribution < -0.4 is 82.0 Å². The molecule has 6 aromatic heterocycles. The Bertz CT molecular complexity index is 5330. The molecule has 2 amide bonds. The average molecular weight is 2000 g/mol. The summed E-state index contributed by atoms with van der Waals surface area (Å²) < 4.78 is 119. The second kappa shape index (κ2) is 60.5. The van der Waals surface area contributed by atoms with Crippen LogP contribution in [0.25, 0.3) is 22.1 Å². The molecule has 2 unspecified atom stereocenters. The quantitative estimate of drug-likeness (QED) is 0.0238. The number of pyridine rings is 4. The summed E-state index contributed by atoms with van der Waals surface area (Å²) in [5.41, 5.74) is 26.1. The number of nitrogens with two attached hydrogens (primary N) is 4. The molecule has 4 aromatic carbocycles. The molecule has 1 fully saturated rings. The molecule has 10 aromatic rings. The summed E-state index contributed by atoms with van der Waals surface area (Å²) >= 11 is -1.92. The van der Waals surface area contributed by atoms with Crippen LogP contribution in [0.2, 0.25) is 0 Å². The number of anilines is 6. The van der Waals surface area contributed by atoms with Crippen LogP contribution >= 0.6 is 45.8 Å². The topological polar surface area (TPSA) is 494 Å². The molecule has 16 bridgehead atoms. The Morgan fingerprint density at radius 2 is 0.737 bits per heavy atom. The number of hydrogen-bond donors (Lipinski definition) is 6. The number of aromatic nitrogens is 8. The number of hydrogen-bond acceptors (Lipinski definition) is 29. The van der Waals surface area contributed by atoms with Crippen molar-refractivity contribution in [2.45, 2.75) is 162 Å². The van der Waals surface area contributed by atoms with Gasteiger partial charge in [0, 0.05) is 47.4 Å². The Kier molecular flexibility index (Phi) is 53.5. The molecule has 5 aliphatic rings. The first-order chi connectivity index (χ1) is 61.3. The standard InChI is InChI=1S/C20H23FN4O6.C20H21FN4O6.2C18H19FN4O3.C4H8O.6CH4.3ClH.O2.H4P2.Ti/c2*1-2-29-20(26)24-12-13-6-7-14(21)16(10-13)30-8-4-3-5-9-31-17-11-15(24)18(25(27)28)19(22)23-17;2*19-12-5-4-11-8-14(12)25-6-2-1-3-7-26-15-9-13-16(17(20)21-15)22-18(24)23(13)10-11;1-2-4-5-3-1;;;;;;;;;;2*1-2;/h6-7,10-11H,2-5,8-9,12H2,1H3,(H2,22,23);3-4,6-7,10-11H,2,5,8-9,12H2,1H3,(H2,22,23);2*4-5,8-9H,1-3,6-7,10H2,(H2,20,21)(H,22,24);1-4H2;6*1H4;3*1H;;1-2H2;/q;;;;;;;;;;;;;;;;+3/p-3/b;4-3+;;;;;;;;;;;;;;;. The number of fused-ring (bicyclic) bond motifs is 14. The van der Waals surface area contributed by atoms with Gasteiger partial charge in [0.1, 0.15) is 29.0 Å². The SMILES string of the molecule is C.C.C.C.C.C.C1CCOC1.CCOC(=O)N1Cc2ccc(F)c(c2)OC/C=C/CCOc2cc1c([N+](=O)[O-])c(N)n2.CCOC(=O)N1Cc2ccc(F)c(c2)OCCCCCOc2cc1c([N+](=O)[O-])c(N)n2.Nc1nc2cc3c1[nH]c(=O)n3Cc1ccc(F)c(c1)OCCCCCO2.Nc1nc2cc3c1[nH]c(=O)n3Cc1ccc(F)c(c1)OCCCCCO2.O=O.PP.[Cl][Ti]([Cl])[Cl]. The van der Waals surface area contributed by atoms with Gasteiger partial charge in [-0.05, 0) is 162 Å². The van der Waals surface area contributed by atoms with Crippen molar-refractivity contribution in [3.8, 4) is 46.5 Å². The molecule has 10 N–H and O–H groups in total. The predicted molar refractivity (Wildman–Crippen MR) is 514 cm³/mol. The van der Waals surface area contributed by atoms with Crippen LogP contribution in [0.15, 0.2) is 119 Å². The number of nitro groups is 2. The van der Waals surface area contributed by atoms with Crippen LogP contribution in [0.4, 0.5) is 73.2 Å². The minimum absolute atomic E-state index is 0. The Balaban J connectivity index is 0.000000566. The van der Waals surface area contributed by atoms with Gasteiger partial charge in [0.15, 0.2) is 57.9 Å². The van der Waals surface area contributed by atoms with Crippen LogP contribution in [0.5, 0.6) is 46.5 Å². The van der Waals surface area contributed by atoms with E-state index in [-0.39, 0.29) is 179 Å². The number of aromatic amines is 2. The van der Waals surface area contributed by atoms with E-state index in [1.807, 2.05) is 0 Å². The second-order valence-corrected chi connectivity index (χ2v) is 35.0. The summed E-state index contributed by atoms with van der Waals surface area (Å²) in [5.74, 6) is -1.06. The fourth-order valence-electron chi connectivity index (χ4n) is 12.7. The molecule has 0 aliphatic carbocycles. The maximum absolute atomic E-state index is 14.2. The van der Waals surface area contributed by atoms with Crippen molar-refractivity contribution >= 4 is 126 Å². The Morgan fingerprint density at radius 3 is 1.05 bits per heavy atom. The summed E-state index contributed by atoms with van der Waals surface area (Å²) in [5, 5.41) is 23.4. The zero-order valence-corrected chi connectivity index (χ0v) is 75.0. The van der Waals surface area contributed by atoms with E-state index >= 15 is 0 Å². The van der Waals surface area contributed by atoms with Crippen molar-refractivity contribution in [2.24, 2.45) is 0 Å². The van der Waals surface area contributed by atoms with Crippen molar-refractivity contribution in [1.82, 2.24) is 39.0 Å². The number of ether oxygens (including phenoxy) is 11. The number of nitrogens with zero attached hydrogens (tertiary/aromatic N) is 10. The van der Waals surface area contributed by atoms with E-state index in [1.165, 1.54) is 82.6 Å². The summed E-state index contributed by atoms with van der Waals surface area (Å²) in [6, 6.07) is 23.4. The zero-order chi connectivity index (χ0) is 92.1. The van der Waals surface area contributed by atoms with E-state index in [0.717, 1.165) is 79.1 Å². The first-order valence-corrected chi connectivity index (χ1v) is 48.7. The maximum atomic E-state index is 14.2. The van der Waals surface area contributed by atoms with Crippen molar-refractivity contribution in [3.63, 3.8) is 0 Å². The molecule has 47 heteroatoms. The number of halogens is 7. The molecular formula is C86H118Cl3F4N16O21P2Ti. The number of rotatable bonds is 4. The molecule has 1 saturated heterocycles. The van der Waals surface area contributed by atoms with Crippen molar-refractivity contribution in [2.75, 3.05) is 112 Å². The molecule has 2 atom stereocenters. The number of carbonyl (C=O) groups excluding carboxylic acids is 2. The van der Waals surface area contributed by atoms with Gasteiger partial charge in [0.2, 0.25) is 35.2 Å². The molecule has 11 heterocycles. The van der Waals surface area contributed by atoms with Crippen LogP contribution in [0.3, 0.4) is 0 Å². The van der Waals surface area contributed by atoms with E-state index in [2.05, 4.69) is 47.8 Å². The monoisotopic (exact) mass is 2000 g/mol. The predicted octanol–water partition coefficient (Wildman–Crippen LogP) is 19.7. The summed E-state index contributed by atoms with van der Waals surface area (Å²) in [6.07, 6.45) is 11.9. The number of nitrogen functional groups attached to an aromatic ring is 4. The fraction of sp³-hybridized carbons (Fsp3) is 0.419. The van der Waals surface area contributed by atoms with Crippen LogP contribution in [0.1, 0.15) is 158 Å². The summed E-state index contributed by atoms with van der Waals surface area (Å²) in [6.45, 7) is 8.20. The van der Waals surface area contributed by atoms with Gasteiger partial charge in [-0.3, -0.25) is 39.2 Å². The fourth-order valence-corrected chi connectivity index (χ4v) is 12.7. The third kappa shape index (κ3) is 35.1. The summed E-state index contributed by atoms with van der Waals surface area (Å²) in [7, 11) is 19.6. The third-order valence-corrected chi connectivity index (χ3v) is 18.5. The molecule has 133 heavy (non-hydrogen) atoms. The van der Waals surface area contributed by atoms with Gasteiger partial charge in [-0.2, -0.15) is 19.9 Å². The molecular weight excluding hydrogens is 1890 g/mol. The number of carbonyl (C=O) groups is 2. The molecule has 0 radical (unpaired) electrons. The molecule has 5 aliphatic heterocycles. The average Bonchev–Trinajstić information content (AvgIpc) is 1.69. The van der Waals surface area contributed by atoms with Gasteiger partial charge in [0.05, 0.1) is 107 Å². The van der Waals surface area contributed by atoms with Gasteiger partial charge in [0.25, 0.3) is 0 Å². The number of amides is 2. The minimum atomic E-state index is -1.92. The van der Waals surface area contributed by atoms with Crippen molar-refractivity contribution in [3.05, 3.63) is 206 Å². The molecule has 0 saturated carbocycles. The van der Waals surface area contributed by atoms with E-state index in [9.17, 15) is 57.0 Å². The number of nitrogens with one attached hydrogen (secondary N) is 2. The number of benzene rings is 4. The van der Waals surface area contributed by atoms with E-state index < -0.39 is 77.2 Å². The van der Waals surface area contributed by atoms with E-state index in [4.69, 9.17) is 113 Å². The third-order valence-electron chi connectivity index (χ3n) is 18.5. The molecule has 37 nitrogen and oxygen atoms in total. The van der Waals surface area contributed by atoms with Gasteiger partial charge < -0.3 is 85.0 Å². The first-order valence-electron chi connectivity index (χ1n) is 39.6. The van der Waals surface area contributed by atoms with Gasteiger partial charge in [-0.25, -0.2) is 36.7 Å².